The van der Waals surface area contributed by atoms with Gasteiger partial charge >= 0.3 is 6.18 Å². The van der Waals surface area contributed by atoms with Crippen LogP contribution in [0.3, 0.4) is 0 Å². The number of amides is 1. The van der Waals surface area contributed by atoms with E-state index in [1.807, 2.05) is 6.92 Å². The minimum Gasteiger partial charge on any atom is -0.339 e. The van der Waals surface area contributed by atoms with E-state index in [0.29, 0.717) is 30.6 Å². The van der Waals surface area contributed by atoms with Crippen molar-refractivity contribution in [3.05, 3.63) is 72.3 Å². The van der Waals surface area contributed by atoms with Crippen molar-refractivity contribution in [2.45, 2.75) is 25.9 Å². The molecule has 1 unspecified atom stereocenters. The number of halogens is 3. The number of benzene rings is 2. The minimum atomic E-state index is -4.43. The summed E-state index contributed by atoms with van der Waals surface area (Å²) in [6.07, 6.45) is -1.90. The molecule has 2 aromatic carbocycles. The van der Waals surface area contributed by atoms with E-state index in [4.69, 9.17) is 0 Å². The maximum atomic E-state index is 13.7. The van der Waals surface area contributed by atoms with Crippen molar-refractivity contribution in [3.63, 3.8) is 0 Å². The van der Waals surface area contributed by atoms with Crippen molar-refractivity contribution in [1.29, 1.82) is 0 Å². The van der Waals surface area contributed by atoms with Crippen LogP contribution >= 0.6 is 0 Å². The Morgan fingerprint density at radius 1 is 1.22 bits per heavy atom. The summed E-state index contributed by atoms with van der Waals surface area (Å²) in [6.45, 7) is 6.65. The summed E-state index contributed by atoms with van der Waals surface area (Å²) in [7, 11) is 0. The van der Waals surface area contributed by atoms with E-state index in [0.717, 1.165) is 6.42 Å². The maximum absolute atomic E-state index is 13.7. The molecule has 1 amide bonds. The first-order valence-electron chi connectivity index (χ1n) is 8.89. The van der Waals surface area contributed by atoms with Crippen LogP contribution in [0.5, 0.6) is 0 Å². The molecule has 0 aliphatic carbocycles. The van der Waals surface area contributed by atoms with Gasteiger partial charge in [0.25, 0.3) is 0 Å². The number of rotatable bonds is 4. The number of likely N-dealkylation sites (tertiary alicyclic amines) is 1. The second-order valence-corrected chi connectivity index (χ2v) is 7.45. The lowest BCUT2D eigenvalue weighted by Crippen LogP contribution is -2.30. The predicted octanol–water partition coefficient (Wildman–Crippen LogP) is 5.34. The van der Waals surface area contributed by atoms with Crippen molar-refractivity contribution in [3.8, 4) is 11.1 Å². The Labute approximate surface area is 157 Å². The molecule has 0 radical (unpaired) electrons. The van der Waals surface area contributed by atoms with Gasteiger partial charge in [-0.15, -0.1) is 0 Å². The van der Waals surface area contributed by atoms with Gasteiger partial charge in [0.05, 0.1) is 5.56 Å². The third-order valence-electron chi connectivity index (χ3n) is 5.15. The zero-order valence-electron chi connectivity index (χ0n) is 15.2. The highest BCUT2D eigenvalue weighted by Crippen LogP contribution is 2.40. The molecular formula is C22H22F3NO. The van der Waals surface area contributed by atoms with Crippen molar-refractivity contribution in [2.75, 3.05) is 13.1 Å². The molecular weight excluding hydrogens is 351 g/mol. The second-order valence-electron chi connectivity index (χ2n) is 7.45. The fourth-order valence-electron chi connectivity index (χ4n) is 3.78. The zero-order chi connectivity index (χ0) is 19.7. The van der Waals surface area contributed by atoms with Crippen LogP contribution in [0.25, 0.3) is 11.1 Å². The molecule has 0 N–H and O–H groups in total. The highest BCUT2D eigenvalue weighted by atomic mass is 19.4. The standard InChI is InChI=1S/C22H22F3NO/c1-3-20(27)26-12-11-21(2,15-26)14-16-9-10-18(17-7-5-4-6-8-17)19(13-16)22(23,24)25/h3-10,13H,1,11-12,14-15H2,2H3. The van der Waals surface area contributed by atoms with Crippen molar-refractivity contribution in [2.24, 2.45) is 5.41 Å². The Bertz CT molecular complexity index is 844. The number of carbonyl (C=O) groups is 1. The molecule has 1 fully saturated rings. The van der Waals surface area contributed by atoms with Gasteiger partial charge in [0, 0.05) is 13.1 Å². The number of nitrogens with zero attached hydrogens (tertiary/aromatic N) is 1. The Morgan fingerprint density at radius 3 is 2.56 bits per heavy atom. The highest BCUT2D eigenvalue weighted by Gasteiger charge is 2.37. The summed E-state index contributed by atoms with van der Waals surface area (Å²) < 4.78 is 41.0. The Kier molecular flexibility index (Phi) is 5.13. The highest BCUT2D eigenvalue weighted by molar-refractivity contribution is 5.87. The van der Waals surface area contributed by atoms with E-state index in [-0.39, 0.29) is 16.9 Å². The molecule has 5 heteroatoms. The monoisotopic (exact) mass is 373 g/mol. The van der Waals surface area contributed by atoms with Crippen LogP contribution in [0.1, 0.15) is 24.5 Å². The third-order valence-corrected chi connectivity index (χ3v) is 5.15. The molecule has 0 spiro atoms. The summed E-state index contributed by atoms with van der Waals surface area (Å²) in [5.74, 6) is -0.130. The van der Waals surface area contributed by atoms with Crippen LogP contribution < -0.4 is 0 Å². The predicted molar refractivity (Wildman–Crippen MR) is 100 cm³/mol. The van der Waals surface area contributed by atoms with Crippen LogP contribution in [-0.4, -0.2) is 23.9 Å². The quantitative estimate of drug-likeness (QED) is 0.663. The average Bonchev–Trinajstić information content (AvgIpc) is 3.03. The van der Waals surface area contributed by atoms with Gasteiger partial charge in [-0.05, 0) is 47.1 Å². The maximum Gasteiger partial charge on any atom is 0.417 e. The van der Waals surface area contributed by atoms with E-state index in [1.165, 1.54) is 12.1 Å². The lowest BCUT2D eigenvalue weighted by Gasteiger charge is -2.25. The van der Waals surface area contributed by atoms with Crippen LogP contribution in [0.2, 0.25) is 0 Å². The van der Waals surface area contributed by atoms with Crippen LogP contribution in [-0.2, 0) is 17.4 Å². The van der Waals surface area contributed by atoms with Gasteiger partial charge in [-0.25, -0.2) is 0 Å². The first-order chi connectivity index (χ1) is 12.7. The third kappa shape index (κ3) is 4.24. The van der Waals surface area contributed by atoms with Gasteiger partial charge in [0.1, 0.15) is 0 Å². The Balaban J connectivity index is 1.90. The molecule has 0 aromatic heterocycles. The second kappa shape index (κ2) is 7.22. The summed E-state index contributed by atoms with van der Waals surface area (Å²) in [4.78, 5) is 13.5. The van der Waals surface area contributed by atoms with Crippen LogP contribution in [0.4, 0.5) is 13.2 Å². The largest absolute Gasteiger partial charge is 0.417 e. The molecule has 0 bridgehead atoms. The Morgan fingerprint density at radius 2 is 1.93 bits per heavy atom. The SMILES string of the molecule is C=CC(=O)N1CCC(C)(Cc2ccc(-c3ccccc3)c(C(F)(F)F)c2)C1. The smallest absolute Gasteiger partial charge is 0.339 e. The van der Waals surface area contributed by atoms with Gasteiger partial charge in [0.15, 0.2) is 0 Å². The average molecular weight is 373 g/mol. The van der Waals surface area contributed by atoms with E-state index in [2.05, 4.69) is 6.58 Å². The topological polar surface area (TPSA) is 20.3 Å². The van der Waals surface area contributed by atoms with Gasteiger partial charge in [-0.1, -0.05) is 56.0 Å². The van der Waals surface area contributed by atoms with Gasteiger partial charge in [-0.2, -0.15) is 13.2 Å². The van der Waals surface area contributed by atoms with E-state index in [9.17, 15) is 18.0 Å². The minimum absolute atomic E-state index is 0.130. The number of hydrogen-bond acceptors (Lipinski definition) is 1. The van der Waals surface area contributed by atoms with Gasteiger partial charge < -0.3 is 4.90 Å². The summed E-state index contributed by atoms with van der Waals surface area (Å²) in [5, 5.41) is 0. The van der Waals surface area contributed by atoms with Crippen LogP contribution in [0.15, 0.2) is 61.2 Å². The molecule has 1 atom stereocenters. The Hall–Kier alpha value is -2.56. The molecule has 2 aromatic rings. The summed E-state index contributed by atoms with van der Waals surface area (Å²) in [5.41, 5.74) is 0.512. The van der Waals surface area contributed by atoms with E-state index >= 15 is 0 Å². The molecule has 1 aliphatic heterocycles. The zero-order valence-corrected chi connectivity index (χ0v) is 15.2. The number of carbonyl (C=O) groups excluding carboxylic acids is 1. The molecule has 27 heavy (non-hydrogen) atoms. The first kappa shape index (κ1) is 19.2. The lowest BCUT2D eigenvalue weighted by molar-refractivity contribution is -0.137. The van der Waals surface area contributed by atoms with Crippen LogP contribution in [0, 0.1) is 5.41 Å². The van der Waals surface area contributed by atoms with Crippen molar-refractivity contribution >= 4 is 5.91 Å². The first-order valence-corrected chi connectivity index (χ1v) is 8.89. The molecule has 3 rings (SSSR count). The number of hydrogen-bond donors (Lipinski definition) is 0. The molecule has 1 heterocycles. The summed E-state index contributed by atoms with van der Waals surface area (Å²) >= 11 is 0. The van der Waals surface area contributed by atoms with Crippen molar-refractivity contribution < 1.29 is 18.0 Å². The van der Waals surface area contributed by atoms with Gasteiger partial charge in [-0.3, -0.25) is 4.79 Å². The summed E-state index contributed by atoms with van der Waals surface area (Å²) in [6, 6.07) is 13.2. The molecule has 142 valence electrons. The lowest BCUT2D eigenvalue weighted by atomic mass is 9.82. The van der Waals surface area contributed by atoms with Gasteiger partial charge in [0.2, 0.25) is 5.91 Å². The number of alkyl halides is 3. The molecule has 0 saturated carbocycles. The van der Waals surface area contributed by atoms with E-state index in [1.54, 1.807) is 47.4 Å². The van der Waals surface area contributed by atoms with E-state index < -0.39 is 11.7 Å². The fraction of sp³-hybridized carbons (Fsp3) is 0.318. The normalized spacial score (nSPS) is 19.9. The molecule has 2 nitrogen and oxygen atoms in total. The molecule has 1 saturated heterocycles. The molecule has 1 aliphatic rings. The van der Waals surface area contributed by atoms with Crippen molar-refractivity contribution in [1.82, 2.24) is 4.90 Å². The fourth-order valence-corrected chi connectivity index (χ4v) is 3.78.